The second-order valence-electron chi connectivity index (χ2n) is 9.17. The van der Waals surface area contributed by atoms with Crippen LogP contribution in [0.4, 0.5) is 4.39 Å². The van der Waals surface area contributed by atoms with Crippen molar-refractivity contribution in [3.63, 3.8) is 0 Å². The molecule has 1 amide bonds. The highest BCUT2D eigenvalue weighted by Crippen LogP contribution is 2.35. The zero-order valence-electron chi connectivity index (χ0n) is 20.1. The van der Waals surface area contributed by atoms with Gasteiger partial charge in [0.2, 0.25) is 0 Å². The summed E-state index contributed by atoms with van der Waals surface area (Å²) in [7, 11) is 0. The van der Waals surface area contributed by atoms with Gasteiger partial charge in [-0.3, -0.25) is 14.5 Å². The van der Waals surface area contributed by atoms with Crippen LogP contribution >= 0.6 is 0 Å². The van der Waals surface area contributed by atoms with E-state index in [1.54, 1.807) is 25.1 Å². The van der Waals surface area contributed by atoms with Crippen molar-refractivity contribution in [2.75, 3.05) is 26.2 Å². The van der Waals surface area contributed by atoms with Crippen LogP contribution in [0.1, 0.15) is 54.5 Å². The van der Waals surface area contributed by atoms with Gasteiger partial charge in [0.25, 0.3) is 5.91 Å². The molecule has 1 saturated heterocycles. The highest BCUT2D eigenvalue weighted by atomic mass is 19.1. The fourth-order valence-electron chi connectivity index (χ4n) is 4.94. The quantitative estimate of drug-likeness (QED) is 0.594. The molecule has 0 aromatic heterocycles. The summed E-state index contributed by atoms with van der Waals surface area (Å²) in [6.45, 7) is 7.55. The molecule has 7 heteroatoms. The third-order valence-corrected chi connectivity index (χ3v) is 6.61. The minimum Gasteiger partial charge on any atom is -0.466 e. The number of aryl methyl sites for hydroxylation is 2. The molecule has 1 fully saturated rings. The number of hydrogen-bond acceptors (Lipinski definition) is 5. The predicted molar refractivity (Wildman–Crippen MR) is 129 cm³/mol. The fraction of sp³-hybridized carbons (Fsp3) is 0.444. The van der Waals surface area contributed by atoms with Gasteiger partial charge < -0.3 is 4.74 Å². The van der Waals surface area contributed by atoms with Gasteiger partial charge >= 0.3 is 5.97 Å². The highest BCUT2D eigenvalue weighted by Gasteiger charge is 2.36. The monoisotopic (exact) mass is 465 g/mol. The molecule has 4 rings (SSSR count). The number of nitrogens with zero attached hydrogens (tertiary/aromatic N) is 3. The number of benzene rings is 2. The third kappa shape index (κ3) is 5.20. The molecule has 2 aliphatic heterocycles. The normalized spacial score (nSPS) is 20.8. The SMILES string of the molecule is CCOC(=O)[C@@H]1CCCN(CC(=O)N2N=C(c3ccc(C)cc3C)C[C@H]2c2ccccc2F)C1. The van der Waals surface area contributed by atoms with Crippen LogP contribution in [0.5, 0.6) is 0 Å². The maximum Gasteiger partial charge on any atom is 0.310 e. The van der Waals surface area contributed by atoms with Gasteiger partial charge in [-0.1, -0.05) is 42.0 Å². The molecule has 0 N–H and O–H groups in total. The van der Waals surface area contributed by atoms with E-state index in [4.69, 9.17) is 9.84 Å². The summed E-state index contributed by atoms with van der Waals surface area (Å²) >= 11 is 0. The largest absolute Gasteiger partial charge is 0.466 e. The maximum atomic E-state index is 14.8. The lowest BCUT2D eigenvalue weighted by atomic mass is 9.95. The number of amides is 1. The number of rotatable bonds is 6. The van der Waals surface area contributed by atoms with E-state index in [2.05, 4.69) is 6.07 Å². The van der Waals surface area contributed by atoms with Crippen LogP contribution in [-0.2, 0) is 14.3 Å². The van der Waals surface area contributed by atoms with E-state index in [9.17, 15) is 14.0 Å². The van der Waals surface area contributed by atoms with Crippen LogP contribution in [0.25, 0.3) is 0 Å². The standard InChI is InChI=1S/C27H32FN3O3/c1-4-34-27(33)20-8-7-13-30(16-20)17-26(32)31-25(22-9-5-6-10-23(22)28)15-24(29-31)21-12-11-18(2)14-19(21)3/h5-6,9-12,14,20,25H,4,7-8,13,15-17H2,1-3H3/t20-,25+/m1/s1. The van der Waals surface area contributed by atoms with Crippen LogP contribution in [0, 0.1) is 25.6 Å². The van der Waals surface area contributed by atoms with E-state index in [-0.39, 0.29) is 30.2 Å². The summed E-state index contributed by atoms with van der Waals surface area (Å²) in [5.74, 6) is -0.975. The zero-order valence-corrected chi connectivity index (χ0v) is 20.1. The minimum atomic E-state index is -0.505. The Kier molecular flexibility index (Phi) is 7.41. The number of hydrazone groups is 1. The van der Waals surface area contributed by atoms with E-state index < -0.39 is 6.04 Å². The first kappa shape index (κ1) is 24.1. The summed E-state index contributed by atoms with van der Waals surface area (Å²) in [4.78, 5) is 27.7. The molecule has 34 heavy (non-hydrogen) atoms. The second kappa shape index (κ2) is 10.5. The van der Waals surface area contributed by atoms with Gasteiger partial charge in [-0.25, -0.2) is 9.40 Å². The number of ether oxygens (including phenoxy) is 1. The van der Waals surface area contributed by atoms with Crippen molar-refractivity contribution in [3.8, 4) is 0 Å². The molecule has 2 aliphatic rings. The summed E-state index contributed by atoms with van der Waals surface area (Å²) in [5, 5.41) is 6.16. The third-order valence-electron chi connectivity index (χ3n) is 6.61. The van der Waals surface area contributed by atoms with Gasteiger partial charge in [-0.15, -0.1) is 0 Å². The lowest BCUT2D eigenvalue weighted by Crippen LogP contribution is -2.45. The Bertz CT molecular complexity index is 1100. The van der Waals surface area contributed by atoms with Crippen molar-refractivity contribution in [1.82, 2.24) is 9.91 Å². The van der Waals surface area contributed by atoms with Gasteiger partial charge in [0, 0.05) is 24.1 Å². The van der Waals surface area contributed by atoms with Crippen LogP contribution in [0.15, 0.2) is 47.6 Å². The molecule has 0 radical (unpaired) electrons. The molecule has 0 saturated carbocycles. The van der Waals surface area contributed by atoms with Crippen molar-refractivity contribution >= 4 is 17.6 Å². The smallest absolute Gasteiger partial charge is 0.310 e. The Morgan fingerprint density at radius 1 is 1.18 bits per heavy atom. The first-order chi connectivity index (χ1) is 16.4. The van der Waals surface area contributed by atoms with Crippen molar-refractivity contribution in [2.24, 2.45) is 11.0 Å². The minimum absolute atomic E-state index is 0.129. The van der Waals surface area contributed by atoms with E-state index in [0.717, 1.165) is 41.8 Å². The van der Waals surface area contributed by atoms with Gasteiger partial charge in [-0.05, 0) is 51.8 Å². The Morgan fingerprint density at radius 2 is 1.97 bits per heavy atom. The van der Waals surface area contributed by atoms with Gasteiger partial charge in [-0.2, -0.15) is 5.10 Å². The Labute approximate surface area is 200 Å². The van der Waals surface area contributed by atoms with Crippen LogP contribution in [0.3, 0.4) is 0 Å². The summed E-state index contributed by atoms with van der Waals surface area (Å²) < 4.78 is 19.9. The van der Waals surface area contributed by atoms with Crippen LogP contribution in [0.2, 0.25) is 0 Å². The topological polar surface area (TPSA) is 62.2 Å². The first-order valence-electron chi connectivity index (χ1n) is 12.0. The lowest BCUT2D eigenvalue weighted by Gasteiger charge is -2.32. The van der Waals surface area contributed by atoms with Gasteiger partial charge in [0.1, 0.15) is 5.82 Å². The van der Waals surface area contributed by atoms with E-state index in [0.29, 0.717) is 25.1 Å². The number of halogens is 1. The Morgan fingerprint density at radius 3 is 2.71 bits per heavy atom. The molecule has 2 aromatic carbocycles. The fourth-order valence-corrected chi connectivity index (χ4v) is 4.94. The molecular formula is C27H32FN3O3. The molecule has 0 aliphatic carbocycles. The van der Waals surface area contributed by atoms with Gasteiger partial charge in [0.15, 0.2) is 0 Å². The Hall–Kier alpha value is -3.06. The molecule has 2 aromatic rings. The molecule has 0 unspecified atom stereocenters. The highest BCUT2D eigenvalue weighted by molar-refractivity contribution is 6.04. The maximum absolute atomic E-state index is 14.8. The molecule has 180 valence electrons. The first-order valence-corrected chi connectivity index (χ1v) is 12.0. The number of hydrogen-bond donors (Lipinski definition) is 0. The molecule has 0 bridgehead atoms. The van der Waals surface area contributed by atoms with Crippen molar-refractivity contribution in [1.29, 1.82) is 0 Å². The average Bonchev–Trinajstić information content (AvgIpc) is 3.25. The van der Waals surface area contributed by atoms with Crippen molar-refractivity contribution in [2.45, 2.75) is 46.1 Å². The predicted octanol–water partition coefficient (Wildman–Crippen LogP) is 4.40. The Balaban J connectivity index is 1.58. The average molecular weight is 466 g/mol. The van der Waals surface area contributed by atoms with Crippen LogP contribution < -0.4 is 0 Å². The van der Waals surface area contributed by atoms with E-state index in [1.165, 1.54) is 11.1 Å². The zero-order chi connectivity index (χ0) is 24.2. The number of piperidine rings is 1. The molecule has 0 spiro atoms. The van der Waals surface area contributed by atoms with Crippen LogP contribution in [-0.4, -0.2) is 53.7 Å². The number of esters is 1. The summed E-state index contributed by atoms with van der Waals surface area (Å²) in [6.07, 6.45) is 2.03. The van der Waals surface area contributed by atoms with E-state index >= 15 is 0 Å². The van der Waals surface area contributed by atoms with Crippen molar-refractivity contribution < 1.29 is 18.7 Å². The summed E-state index contributed by atoms with van der Waals surface area (Å²) in [6, 6.07) is 12.2. The number of carbonyl (C=O) groups excluding carboxylic acids is 2. The van der Waals surface area contributed by atoms with Gasteiger partial charge in [0.05, 0.1) is 30.8 Å². The van der Waals surface area contributed by atoms with Crippen molar-refractivity contribution in [3.05, 3.63) is 70.5 Å². The molecule has 2 atom stereocenters. The second-order valence-corrected chi connectivity index (χ2v) is 9.17. The lowest BCUT2D eigenvalue weighted by molar-refractivity contribution is -0.150. The molecular weight excluding hydrogens is 433 g/mol. The summed E-state index contributed by atoms with van der Waals surface area (Å²) in [5.41, 5.74) is 4.44. The number of likely N-dealkylation sites (tertiary alicyclic amines) is 1. The molecule has 6 nitrogen and oxygen atoms in total. The number of carbonyl (C=O) groups is 2. The molecule has 2 heterocycles. The van der Waals surface area contributed by atoms with E-state index in [1.807, 2.05) is 30.9 Å².